The van der Waals surface area contributed by atoms with Crippen molar-refractivity contribution in [2.75, 3.05) is 13.1 Å². The van der Waals surface area contributed by atoms with Crippen molar-refractivity contribution in [2.45, 2.75) is 57.7 Å². The number of piperidine rings is 1. The highest BCUT2D eigenvalue weighted by atomic mass is 19.1. The van der Waals surface area contributed by atoms with E-state index >= 15 is 0 Å². The Morgan fingerprint density at radius 3 is 2.60 bits per heavy atom. The summed E-state index contributed by atoms with van der Waals surface area (Å²) in [5.41, 5.74) is -0.00900. The lowest BCUT2D eigenvalue weighted by molar-refractivity contribution is -0.0234. The van der Waals surface area contributed by atoms with Gasteiger partial charge in [-0.25, -0.2) is 14.1 Å². The fraction of sp³-hybridized carbons (Fsp3) is 0.579. The van der Waals surface area contributed by atoms with Crippen molar-refractivity contribution in [2.24, 2.45) is 0 Å². The molecule has 0 saturated carbocycles. The van der Waals surface area contributed by atoms with Gasteiger partial charge in [0.2, 0.25) is 0 Å². The molecule has 1 aliphatic rings. The Labute approximate surface area is 148 Å². The van der Waals surface area contributed by atoms with E-state index in [2.05, 4.69) is 35.8 Å². The van der Waals surface area contributed by atoms with E-state index in [1.165, 1.54) is 12.1 Å². The predicted octanol–water partition coefficient (Wildman–Crippen LogP) is 2.74. The number of hydrogen-bond donors (Lipinski definition) is 1. The molecule has 5 nitrogen and oxygen atoms in total. The quantitative estimate of drug-likeness (QED) is 0.925. The first kappa shape index (κ1) is 18.0. The van der Waals surface area contributed by atoms with E-state index in [1.54, 1.807) is 12.4 Å². The highest BCUT2D eigenvalue weighted by Gasteiger charge is 2.33. The summed E-state index contributed by atoms with van der Waals surface area (Å²) in [5.74, 6) is 0.697. The summed E-state index contributed by atoms with van der Waals surface area (Å²) in [7, 11) is 0. The molecule has 0 unspecified atom stereocenters. The van der Waals surface area contributed by atoms with Crippen LogP contribution in [0.15, 0.2) is 30.6 Å². The standard InChI is InChI=1S/C19H27FN4O/c1-18(2,3)24-17(21-14-22-24)13-23-9-7-19(25,8-10-23)12-15-5-4-6-16(20)11-15/h4-6,11,14,25H,7-10,12-13H2,1-3H3. The van der Waals surface area contributed by atoms with Crippen LogP contribution in [0.4, 0.5) is 4.39 Å². The summed E-state index contributed by atoms with van der Waals surface area (Å²) in [6.45, 7) is 8.65. The largest absolute Gasteiger partial charge is 0.389 e. The van der Waals surface area contributed by atoms with Crippen molar-refractivity contribution in [3.63, 3.8) is 0 Å². The van der Waals surface area contributed by atoms with Crippen LogP contribution in [-0.4, -0.2) is 43.5 Å². The molecule has 1 aromatic carbocycles. The first-order valence-corrected chi connectivity index (χ1v) is 8.84. The second-order valence-corrected chi connectivity index (χ2v) is 8.07. The molecule has 0 amide bonds. The van der Waals surface area contributed by atoms with Gasteiger partial charge in [-0.05, 0) is 51.3 Å². The maximum absolute atomic E-state index is 13.3. The molecule has 2 heterocycles. The van der Waals surface area contributed by atoms with Crippen LogP contribution in [0.25, 0.3) is 0 Å². The molecule has 6 heteroatoms. The van der Waals surface area contributed by atoms with Crippen LogP contribution in [0.5, 0.6) is 0 Å². The fourth-order valence-electron chi connectivity index (χ4n) is 3.46. The monoisotopic (exact) mass is 346 g/mol. The number of hydrogen-bond acceptors (Lipinski definition) is 4. The molecule has 1 aromatic heterocycles. The Bertz CT molecular complexity index is 714. The molecule has 25 heavy (non-hydrogen) atoms. The highest BCUT2D eigenvalue weighted by molar-refractivity contribution is 5.18. The van der Waals surface area contributed by atoms with E-state index in [0.717, 1.165) is 31.0 Å². The zero-order valence-electron chi connectivity index (χ0n) is 15.2. The third-order valence-electron chi connectivity index (χ3n) is 4.83. The van der Waals surface area contributed by atoms with Crippen molar-refractivity contribution in [1.82, 2.24) is 19.7 Å². The second kappa shape index (κ2) is 6.84. The van der Waals surface area contributed by atoms with Crippen LogP contribution < -0.4 is 0 Å². The topological polar surface area (TPSA) is 54.2 Å². The molecule has 1 fully saturated rings. The highest BCUT2D eigenvalue weighted by Crippen LogP contribution is 2.27. The van der Waals surface area contributed by atoms with Crippen molar-refractivity contribution >= 4 is 0 Å². The zero-order valence-corrected chi connectivity index (χ0v) is 15.2. The molecule has 1 saturated heterocycles. The summed E-state index contributed by atoms with van der Waals surface area (Å²) < 4.78 is 15.3. The fourth-order valence-corrected chi connectivity index (χ4v) is 3.46. The Balaban J connectivity index is 1.59. The molecule has 2 aromatic rings. The van der Waals surface area contributed by atoms with Crippen molar-refractivity contribution in [1.29, 1.82) is 0 Å². The third kappa shape index (κ3) is 4.44. The Kier molecular flexibility index (Phi) is 4.93. The van der Waals surface area contributed by atoms with Crippen LogP contribution in [0, 0.1) is 5.82 Å². The van der Waals surface area contributed by atoms with E-state index in [0.29, 0.717) is 19.3 Å². The number of aliphatic hydroxyl groups is 1. The number of benzene rings is 1. The average Bonchev–Trinajstić information content (AvgIpc) is 2.98. The molecule has 0 atom stereocenters. The van der Waals surface area contributed by atoms with Gasteiger partial charge in [0.15, 0.2) is 0 Å². The van der Waals surface area contributed by atoms with E-state index in [-0.39, 0.29) is 11.4 Å². The Hall–Kier alpha value is -1.79. The first-order chi connectivity index (χ1) is 11.8. The van der Waals surface area contributed by atoms with E-state index < -0.39 is 5.60 Å². The summed E-state index contributed by atoms with van der Waals surface area (Å²) in [5, 5.41) is 15.2. The third-order valence-corrected chi connectivity index (χ3v) is 4.83. The molecule has 3 rings (SSSR count). The smallest absolute Gasteiger partial charge is 0.141 e. The Morgan fingerprint density at radius 2 is 1.96 bits per heavy atom. The molecule has 0 radical (unpaired) electrons. The van der Waals surface area contributed by atoms with Gasteiger partial charge in [0, 0.05) is 19.5 Å². The number of likely N-dealkylation sites (tertiary alicyclic amines) is 1. The van der Waals surface area contributed by atoms with Crippen LogP contribution in [0.3, 0.4) is 0 Å². The molecule has 0 aliphatic carbocycles. The minimum absolute atomic E-state index is 0.0975. The summed E-state index contributed by atoms with van der Waals surface area (Å²) >= 11 is 0. The lowest BCUT2D eigenvalue weighted by atomic mass is 9.85. The molecule has 0 bridgehead atoms. The number of rotatable bonds is 4. The van der Waals surface area contributed by atoms with Gasteiger partial charge >= 0.3 is 0 Å². The summed E-state index contributed by atoms with van der Waals surface area (Å²) in [6.07, 6.45) is 3.45. The summed E-state index contributed by atoms with van der Waals surface area (Å²) in [4.78, 5) is 6.69. The van der Waals surface area contributed by atoms with Gasteiger partial charge in [0.1, 0.15) is 18.0 Å². The predicted molar refractivity (Wildman–Crippen MR) is 94.6 cm³/mol. The van der Waals surface area contributed by atoms with Crippen LogP contribution in [0.1, 0.15) is 45.0 Å². The van der Waals surface area contributed by atoms with E-state index in [4.69, 9.17) is 0 Å². The van der Waals surface area contributed by atoms with Crippen LogP contribution in [-0.2, 0) is 18.5 Å². The molecule has 136 valence electrons. The minimum atomic E-state index is -0.762. The maximum Gasteiger partial charge on any atom is 0.141 e. The Morgan fingerprint density at radius 1 is 1.24 bits per heavy atom. The van der Waals surface area contributed by atoms with Gasteiger partial charge in [0.25, 0.3) is 0 Å². The van der Waals surface area contributed by atoms with Crippen LogP contribution >= 0.6 is 0 Å². The maximum atomic E-state index is 13.3. The minimum Gasteiger partial charge on any atom is -0.389 e. The molecular formula is C19H27FN4O. The number of nitrogens with zero attached hydrogens (tertiary/aromatic N) is 4. The molecule has 0 spiro atoms. The lowest BCUT2D eigenvalue weighted by Gasteiger charge is -2.38. The lowest BCUT2D eigenvalue weighted by Crippen LogP contribution is -2.45. The zero-order chi connectivity index (χ0) is 18.1. The summed E-state index contributed by atoms with van der Waals surface area (Å²) in [6, 6.07) is 6.51. The molecule has 1 N–H and O–H groups in total. The number of halogens is 1. The van der Waals surface area contributed by atoms with Gasteiger partial charge in [0.05, 0.1) is 17.7 Å². The van der Waals surface area contributed by atoms with E-state index in [9.17, 15) is 9.50 Å². The van der Waals surface area contributed by atoms with Gasteiger partial charge in [-0.3, -0.25) is 4.90 Å². The SMILES string of the molecule is CC(C)(C)n1ncnc1CN1CCC(O)(Cc2cccc(F)c2)CC1. The van der Waals surface area contributed by atoms with Crippen molar-refractivity contribution < 1.29 is 9.50 Å². The van der Waals surface area contributed by atoms with Gasteiger partial charge in [-0.2, -0.15) is 5.10 Å². The van der Waals surface area contributed by atoms with Gasteiger partial charge in [-0.1, -0.05) is 12.1 Å². The van der Waals surface area contributed by atoms with Crippen LogP contribution in [0.2, 0.25) is 0 Å². The normalized spacial score (nSPS) is 18.4. The van der Waals surface area contributed by atoms with Crippen molar-refractivity contribution in [3.05, 3.63) is 47.8 Å². The number of aromatic nitrogens is 3. The van der Waals surface area contributed by atoms with Crippen molar-refractivity contribution in [3.8, 4) is 0 Å². The molecular weight excluding hydrogens is 319 g/mol. The average molecular weight is 346 g/mol. The van der Waals surface area contributed by atoms with Gasteiger partial charge in [-0.15, -0.1) is 0 Å². The van der Waals surface area contributed by atoms with Gasteiger partial charge < -0.3 is 5.11 Å². The first-order valence-electron chi connectivity index (χ1n) is 8.84. The second-order valence-electron chi connectivity index (χ2n) is 8.07. The molecule has 1 aliphatic heterocycles. The van der Waals surface area contributed by atoms with E-state index in [1.807, 2.05) is 10.7 Å².